The van der Waals surface area contributed by atoms with E-state index in [0.717, 1.165) is 62.0 Å². The van der Waals surface area contributed by atoms with Crippen LogP contribution in [0, 0.1) is 19.3 Å². The monoisotopic (exact) mass is 499 g/mol. The van der Waals surface area contributed by atoms with Crippen LogP contribution in [0.4, 0.5) is 0 Å². The van der Waals surface area contributed by atoms with Gasteiger partial charge < -0.3 is 15.3 Å². The number of allylic oxidation sites excluding steroid dienone is 2. The number of pyridine rings is 1. The summed E-state index contributed by atoms with van der Waals surface area (Å²) in [5, 5.41) is 13.6. The van der Waals surface area contributed by atoms with Crippen LogP contribution in [-0.2, 0) is 18.9 Å². The van der Waals surface area contributed by atoms with Gasteiger partial charge in [0.25, 0.3) is 0 Å². The van der Waals surface area contributed by atoms with Crippen molar-refractivity contribution in [1.82, 2.24) is 19.9 Å². The first kappa shape index (κ1) is 25.6. The highest BCUT2D eigenvalue weighted by molar-refractivity contribution is 6.36. The van der Waals surface area contributed by atoms with Gasteiger partial charge in [-0.2, -0.15) is 0 Å². The van der Waals surface area contributed by atoms with Crippen molar-refractivity contribution in [2.24, 2.45) is 7.05 Å². The van der Waals surface area contributed by atoms with Gasteiger partial charge in [0.05, 0.1) is 21.6 Å². The molecule has 1 atom stereocenters. The largest absolute Gasteiger partial charge is 0.391 e. The van der Waals surface area contributed by atoms with Gasteiger partial charge in [0, 0.05) is 54.8 Å². The highest BCUT2D eigenvalue weighted by atomic mass is 35.5. The molecule has 2 aromatic heterocycles. The molecule has 0 aliphatic carbocycles. The lowest BCUT2D eigenvalue weighted by Crippen LogP contribution is -2.34. The second-order valence-corrected chi connectivity index (χ2v) is 10.0. The molecule has 5 nitrogen and oxygen atoms in total. The Balaban J connectivity index is 1.96. The molecule has 1 unspecified atom stereocenters. The topological polar surface area (TPSA) is 66.6 Å². The van der Waals surface area contributed by atoms with Crippen molar-refractivity contribution >= 4 is 28.2 Å². The lowest BCUT2D eigenvalue weighted by Gasteiger charge is -2.35. The molecule has 4 aromatic rings. The molecule has 0 amide bonds. The molecule has 0 saturated carbocycles. The van der Waals surface area contributed by atoms with Gasteiger partial charge in [0.15, 0.2) is 0 Å². The van der Waals surface area contributed by atoms with E-state index in [1.165, 1.54) is 5.56 Å². The van der Waals surface area contributed by atoms with Gasteiger partial charge in [-0.05, 0) is 63.4 Å². The molecule has 4 rings (SSSR count). The van der Waals surface area contributed by atoms with Crippen LogP contribution in [0.15, 0.2) is 66.0 Å². The van der Waals surface area contributed by atoms with Crippen molar-refractivity contribution in [3.05, 3.63) is 105 Å². The standard InChI is InChI=1S/C30H34ClN5/c1-18-26(15-22-11-9-8-10-12-22)35-25-14-13-23(16-24(25)29(18)31)30(5,27-17-34-21(4)36(27)7)28(19(2)32)20(3)33-6/h8-14,16-17,32-33H,15H2,1-7H3/b28-20+,32-19?. The fourth-order valence-corrected chi connectivity index (χ4v) is 5.44. The summed E-state index contributed by atoms with van der Waals surface area (Å²) < 4.78 is 2.10. The zero-order valence-corrected chi connectivity index (χ0v) is 22.9. The minimum absolute atomic E-state index is 0.502. The second-order valence-electron chi connectivity index (χ2n) is 9.64. The van der Waals surface area contributed by atoms with E-state index in [2.05, 4.69) is 52.1 Å². The summed E-state index contributed by atoms with van der Waals surface area (Å²) in [4.78, 5) is 9.60. The van der Waals surface area contributed by atoms with Crippen molar-refractivity contribution in [2.45, 2.75) is 46.5 Å². The van der Waals surface area contributed by atoms with Gasteiger partial charge in [-0.3, -0.25) is 4.98 Å². The smallest absolute Gasteiger partial charge is 0.105 e. The molecule has 2 N–H and O–H groups in total. The van der Waals surface area contributed by atoms with E-state index in [0.29, 0.717) is 5.71 Å². The number of halogens is 1. The Bertz CT molecular complexity index is 1480. The maximum Gasteiger partial charge on any atom is 0.105 e. The van der Waals surface area contributed by atoms with Gasteiger partial charge in [0.2, 0.25) is 0 Å². The number of hydrogen-bond donors (Lipinski definition) is 2. The van der Waals surface area contributed by atoms with Crippen LogP contribution in [0.2, 0.25) is 5.02 Å². The van der Waals surface area contributed by atoms with Crippen molar-refractivity contribution < 1.29 is 0 Å². The fourth-order valence-electron chi connectivity index (χ4n) is 5.18. The van der Waals surface area contributed by atoms with Crippen LogP contribution in [0.3, 0.4) is 0 Å². The van der Waals surface area contributed by atoms with E-state index in [9.17, 15) is 0 Å². The van der Waals surface area contributed by atoms with Gasteiger partial charge >= 0.3 is 0 Å². The summed E-state index contributed by atoms with van der Waals surface area (Å²) in [7, 11) is 3.92. The van der Waals surface area contributed by atoms with Gasteiger partial charge in [0.1, 0.15) is 5.82 Å². The zero-order chi connectivity index (χ0) is 26.2. The molecule has 2 heterocycles. The predicted octanol–water partition coefficient (Wildman–Crippen LogP) is 6.67. The Morgan fingerprint density at radius 2 is 1.81 bits per heavy atom. The average molecular weight is 500 g/mol. The summed E-state index contributed by atoms with van der Waals surface area (Å²) in [5.41, 5.74) is 7.82. The van der Waals surface area contributed by atoms with Crippen LogP contribution in [0.5, 0.6) is 0 Å². The van der Waals surface area contributed by atoms with Gasteiger partial charge in [-0.25, -0.2) is 4.98 Å². The third-order valence-electron chi connectivity index (χ3n) is 7.40. The van der Waals surface area contributed by atoms with Crippen LogP contribution in [0.1, 0.15) is 54.7 Å². The number of nitrogens with zero attached hydrogens (tertiary/aromatic N) is 3. The zero-order valence-electron chi connectivity index (χ0n) is 22.1. The predicted molar refractivity (Wildman–Crippen MR) is 150 cm³/mol. The van der Waals surface area contributed by atoms with E-state index < -0.39 is 5.41 Å². The quantitative estimate of drug-likeness (QED) is 0.279. The Hall–Kier alpha value is -3.44. The van der Waals surface area contributed by atoms with E-state index in [-0.39, 0.29) is 0 Å². The van der Waals surface area contributed by atoms with E-state index in [1.807, 2.05) is 66.2 Å². The highest BCUT2D eigenvalue weighted by Crippen LogP contribution is 2.42. The Labute approximate surface area is 218 Å². The molecule has 36 heavy (non-hydrogen) atoms. The maximum atomic E-state index is 8.73. The normalized spacial score (nSPS) is 13.9. The first-order valence-corrected chi connectivity index (χ1v) is 12.5. The molecule has 0 spiro atoms. The molecule has 0 fully saturated rings. The SMILES string of the molecule is CN/C(C)=C(\C(C)=N)C(C)(c1ccc2nc(Cc3ccccc3)c(C)c(Cl)c2c1)c1cnc(C)n1C. The maximum absolute atomic E-state index is 8.73. The number of imidazole rings is 1. The van der Waals surface area contributed by atoms with E-state index in [1.54, 1.807) is 0 Å². The number of benzene rings is 2. The number of aromatic nitrogens is 3. The van der Waals surface area contributed by atoms with Crippen LogP contribution in [0.25, 0.3) is 10.9 Å². The van der Waals surface area contributed by atoms with Gasteiger partial charge in [-0.1, -0.05) is 48.0 Å². The minimum atomic E-state index is -0.636. The van der Waals surface area contributed by atoms with Crippen LogP contribution in [-0.4, -0.2) is 27.3 Å². The average Bonchev–Trinajstić information content (AvgIpc) is 3.20. The van der Waals surface area contributed by atoms with Crippen LogP contribution >= 0.6 is 11.6 Å². The molecule has 0 aliphatic rings. The number of fused-ring (bicyclic) bond motifs is 1. The summed E-state index contributed by atoms with van der Waals surface area (Å²) >= 11 is 7.01. The molecular formula is C30H34ClN5. The first-order chi connectivity index (χ1) is 17.1. The van der Waals surface area contributed by atoms with Crippen molar-refractivity contribution in [3.63, 3.8) is 0 Å². The summed E-state index contributed by atoms with van der Waals surface area (Å²) in [6.45, 7) is 10.1. The Morgan fingerprint density at radius 1 is 1.11 bits per heavy atom. The molecule has 186 valence electrons. The minimum Gasteiger partial charge on any atom is -0.391 e. The molecule has 0 aliphatic heterocycles. The summed E-state index contributed by atoms with van der Waals surface area (Å²) in [5.74, 6) is 0.919. The van der Waals surface area contributed by atoms with Gasteiger partial charge in [-0.15, -0.1) is 0 Å². The lowest BCUT2D eigenvalue weighted by atomic mass is 9.70. The molecule has 2 aromatic carbocycles. The summed E-state index contributed by atoms with van der Waals surface area (Å²) in [6.07, 6.45) is 2.65. The molecule has 0 radical (unpaired) electrons. The second kappa shape index (κ2) is 9.90. The molecular weight excluding hydrogens is 466 g/mol. The number of hydrogen-bond acceptors (Lipinski definition) is 4. The molecule has 0 bridgehead atoms. The molecule has 6 heteroatoms. The third-order valence-corrected chi connectivity index (χ3v) is 7.89. The third kappa shape index (κ3) is 4.33. The summed E-state index contributed by atoms with van der Waals surface area (Å²) in [6, 6.07) is 16.6. The van der Waals surface area contributed by atoms with E-state index in [4.69, 9.17) is 22.0 Å². The Morgan fingerprint density at radius 3 is 2.39 bits per heavy atom. The first-order valence-electron chi connectivity index (χ1n) is 12.2. The molecule has 0 saturated heterocycles. The number of nitrogens with one attached hydrogen (secondary N) is 2. The van der Waals surface area contributed by atoms with Crippen molar-refractivity contribution in [3.8, 4) is 0 Å². The van der Waals surface area contributed by atoms with E-state index >= 15 is 0 Å². The van der Waals surface area contributed by atoms with Crippen molar-refractivity contribution in [2.75, 3.05) is 7.05 Å². The Kier molecular flexibility index (Phi) is 7.05. The number of rotatable bonds is 7. The fraction of sp³-hybridized carbons (Fsp3) is 0.300. The number of aryl methyl sites for hydroxylation is 1. The van der Waals surface area contributed by atoms with Crippen molar-refractivity contribution in [1.29, 1.82) is 5.41 Å². The highest BCUT2D eigenvalue weighted by Gasteiger charge is 2.39. The van der Waals surface area contributed by atoms with Crippen LogP contribution < -0.4 is 5.32 Å². The lowest BCUT2D eigenvalue weighted by molar-refractivity contribution is 0.614.